The van der Waals surface area contributed by atoms with Crippen molar-refractivity contribution in [1.29, 1.82) is 0 Å². The molecule has 0 saturated heterocycles. The second kappa shape index (κ2) is 11.1. The van der Waals surface area contributed by atoms with Gasteiger partial charge in [-0.15, -0.1) is 11.3 Å². The number of ether oxygens (including phenoxy) is 2. The lowest BCUT2D eigenvalue weighted by molar-refractivity contribution is -0.139. The summed E-state index contributed by atoms with van der Waals surface area (Å²) in [6, 6.07) is 14.5. The predicted octanol–water partition coefficient (Wildman–Crippen LogP) is 5.23. The maximum atomic E-state index is 14.1. The van der Waals surface area contributed by atoms with E-state index in [1.54, 1.807) is 56.3 Å². The van der Waals surface area contributed by atoms with Gasteiger partial charge < -0.3 is 9.47 Å². The first kappa shape index (κ1) is 26.1. The van der Waals surface area contributed by atoms with Crippen LogP contribution in [-0.2, 0) is 16.1 Å². The van der Waals surface area contributed by atoms with Crippen molar-refractivity contribution in [3.8, 4) is 5.75 Å². The number of esters is 1. The molecule has 6 nitrogen and oxygen atoms in total. The van der Waals surface area contributed by atoms with E-state index in [0.29, 0.717) is 42.5 Å². The molecule has 0 aliphatic carbocycles. The highest BCUT2D eigenvalue weighted by atomic mass is 35.5. The van der Waals surface area contributed by atoms with Crippen LogP contribution in [0.1, 0.15) is 35.9 Å². The van der Waals surface area contributed by atoms with Gasteiger partial charge in [0.2, 0.25) is 0 Å². The molecule has 194 valence electrons. The largest absolute Gasteiger partial charge is 0.488 e. The number of halogens is 2. The van der Waals surface area contributed by atoms with Crippen LogP contribution < -0.4 is 19.6 Å². The summed E-state index contributed by atoms with van der Waals surface area (Å²) in [5, 5.41) is 2.35. The number of benzene rings is 2. The number of allylic oxidation sites excluding steroid dienone is 1. The van der Waals surface area contributed by atoms with Gasteiger partial charge >= 0.3 is 5.97 Å². The lowest BCUT2D eigenvalue weighted by atomic mass is 10.0. The van der Waals surface area contributed by atoms with Gasteiger partial charge in [0, 0.05) is 21.0 Å². The number of nitrogens with zero attached hydrogens (tertiary/aromatic N) is 2. The molecule has 0 spiro atoms. The molecule has 38 heavy (non-hydrogen) atoms. The molecular weight excluding hydrogens is 547 g/mol. The van der Waals surface area contributed by atoms with Crippen molar-refractivity contribution >= 4 is 46.3 Å². The molecule has 3 heterocycles. The van der Waals surface area contributed by atoms with Crippen LogP contribution in [0.25, 0.3) is 6.08 Å². The zero-order chi connectivity index (χ0) is 26.8. The molecule has 10 heteroatoms. The van der Waals surface area contributed by atoms with Crippen molar-refractivity contribution in [2.45, 2.75) is 26.5 Å². The number of hydrogen-bond acceptors (Lipinski definition) is 7. The van der Waals surface area contributed by atoms with Gasteiger partial charge in [-0.25, -0.2) is 14.2 Å². The van der Waals surface area contributed by atoms with Crippen molar-refractivity contribution in [2.75, 3.05) is 6.61 Å². The maximum Gasteiger partial charge on any atom is 0.338 e. The Morgan fingerprint density at radius 1 is 1.21 bits per heavy atom. The molecule has 0 fully saturated rings. The van der Waals surface area contributed by atoms with Crippen LogP contribution in [0.5, 0.6) is 5.75 Å². The Balaban J connectivity index is 1.60. The van der Waals surface area contributed by atoms with E-state index in [2.05, 4.69) is 4.99 Å². The molecule has 0 unspecified atom stereocenters. The first-order chi connectivity index (χ1) is 18.4. The molecule has 1 aliphatic rings. The molecule has 2 aromatic carbocycles. The van der Waals surface area contributed by atoms with Crippen molar-refractivity contribution in [3.63, 3.8) is 0 Å². The molecule has 0 N–H and O–H groups in total. The van der Waals surface area contributed by atoms with Gasteiger partial charge in [-0.1, -0.05) is 47.2 Å². The third-order valence-electron chi connectivity index (χ3n) is 5.93. The van der Waals surface area contributed by atoms with Gasteiger partial charge in [0.05, 0.1) is 22.4 Å². The fraction of sp³-hybridized carbons (Fsp3) is 0.179. The van der Waals surface area contributed by atoms with Gasteiger partial charge in [0.25, 0.3) is 5.56 Å². The second-order valence-electron chi connectivity index (χ2n) is 8.38. The third kappa shape index (κ3) is 5.09. The smallest absolute Gasteiger partial charge is 0.338 e. The van der Waals surface area contributed by atoms with E-state index < -0.39 is 12.0 Å². The minimum absolute atomic E-state index is 0.0108. The summed E-state index contributed by atoms with van der Waals surface area (Å²) >= 11 is 8.93. The van der Waals surface area contributed by atoms with Crippen molar-refractivity contribution < 1.29 is 18.7 Å². The lowest BCUT2D eigenvalue weighted by Crippen LogP contribution is -2.39. The number of carbonyl (C=O) groups is 1. The molecule has 0 amide bonds. The Bertz CT molecular complexity index is 1720. The number of thiophene rings is 1. The van der Waals surface area contributed by atoms with E-state index >= 15 is 0 Å². The Hall–Kier alpha value is -3.53. The van der Waals surface area contributed by atoms with Crippen LogP contribution in [0.2, 0.25) is 5.02 Å². The highest BCUT2D eigenvalue weighted by Gasteiger charge is 2.33. The molecule has 4 aromatic rings. The van der Waals surface area contributed by atoms with E-state index in [0.717, 1.165) is 4.88 Å². The molecule has 1 atom stereocenters. The molecule has 1 aliphatic heterocycles. The molecule has 0 radical (unpaired) electrons. The molecular formula is C28H22ClFN2O4S2. The van der Waals surface area contributed by atoms with Crippen molar-refractivity contribution in [1.82, 2.24) is 4.57 Å². The Morgan fingerprint density at radius 2 is 2.03 bits per heavy atom. The Labute approximate surface area is 230 Å². The van der Waals surface area contributed by atoms with Gasteiger partial charge in [-0.05, 0) is 55.6 Å². The van der Waals surface area contributed by atoms with E-state index in [-0.39, 0.29) is 24.6 Å². The molecule has 5 rings (SSSR count). The number of fused-ring (bicyclic) bond motifs is 1. The van der Waals surface area contributed by atoms with E-state index in [1.807, 2.05) is 17.5 Å². The maximum absolute atomic E-state index is 14.1. The van der Waals surface area contributed by atoms with Crippen LogP contribution in [0.3, 0.4) is 0 Å². The summed E-state index contributed by atoms with van der Waals surface area (Å²) in [5.74, 6) is -0.417. The topological polar surface area (TPSA) is 69.9 Å². The van der Waals surface area contributed by atoms with E-state index in [9.17, 15) is 14.0 Å². The first-order valence-corrected chi connectivity index (χ1v) is 13.8. The number of hydrogen-bond donors (Lipinski definition) is 0. The Morgan fingerprint density at radius 3 is 2.76 bits per heavy atom. The average molecular weight is 569 g/mol. The average Bonchev–Trinajstić information content (AvgIpc) is 3.52. The van der Waals surface area contributed by atoms with Crippen molar-refractivity contribution in [3.05, 3.63) is 118 Å². The fourth-order valence-electron chi connectivity index (χ4n) is 4.18. The van der Waals surface area contributed by atoms with Gasteiger partial charge in [-0.2, -0.15) is 0 Å². The number of thiazole rings is 1. The summed E-state index contributed by atoms with van der Waals surface area (Å²) in [5.41, 5.74) is 1.51. The summed E-state index contributed by atoms with van der Waals surface area (Å²) in [6.07, 6.45) is 1.68. The van der Waals surface area contributed by atoms with E-state index in [4.69, 9.17) is 21.1 Å². The quantitative estimate of drug-likeness (QED) is 0.286. The summed E-state index contributed by atoms with van der Waals surface area (Å²) in [4.78, 5) is 32.6. The van der Waals surface area contributed by atoms with Crippen LogP contribution in [0.15, 0.2) is 81.0 Å². The van der Waals surface area contributed by atoms with Crippen LogP contribution in [0.4, 0.5) is 4.39 Å². The van der Waals surface area contributed by atoms with Gasteiger partial charge in [-0.3, -0.25) is 9.36 Å². The zero-order valence-corrected chi connectivity index (χ0v) is 22.8. The number of aromatic nitrogens is 1. The van der Waals surface area contributed by atoms with E-state index in [1.165, 1.54) is 33.3 Å². The highest BCUT2D eigenvalue weighted by Crippen LogP contribution is 2.33. The minimum Gasteiger partial charge on any atom is -0.488 e. The minimum atomic E-state index is -0.649. The monoisotopic (exact) mass is 568 g/mol. The third-order valence-corrected chi connectivity index (χ3v) is 8.07. The van der Waals surface area contributed by atoms with Crippen LogP contribution >= 0.6 is 34.3 Å². The second-order valence-corrected chi connectivity index (χ2v) is 10.8. The van der Waals surface area contributed by atoms with Crippen LogP contribution in [0, 0.1) is 5.82 Å². The zero-order valence-electron chi connectivity index (χ0n) is 20.4. The lowest BCUT2D eigenvalue weighted by Gasteiger charge is -2.23. The normalized spacial score (nSPS) is 15.3. The highest BCUT2D eigenvalue weighted by molar-refractivity contribution is 7.10. The van der Waals surface area contributed by atoms with Gasteiger partial charge in [0.1, 0.15) is 24.2 Å². The SMILES string of the molecule is CCOC(=O)C1=C(C)N=c2s/c(=C\c3cc(Cl)ccc3OCc3ccccc3F)c(=O)n2[C@H]1c1cccs1. The summed E-state index contributed by atoms with van der Waals surface area (Å²) in [7, 11) is 0. The van der Waals surface area contributed by atoms with Gasteiger partial charge in [0.15, 0.2) is 4.80 Å². The summed E-state index contributed by atoms with van der Waals surface area (Å²) in [6.45, 7) is 3.70. The predicted molar refractivity (Wildman–Crippen MR) is 147 cm³/mol. The molecule has 0 bridgehead atoms. The molecule has 2 aromatic heterocycles. The number of carbonyl (C=O) groups excluding carboxylic acids is 1. The fourth-order valence-corrected chi connectivity index (χ4v) is 6.22. The molecule has 0 saturated carbocycles. The standard InChI is InChI=1S/C28H22ClFN2O4S2/c1-3-35-27(34)24-16(2)31-28-32(25(24)22-9-6-12-37-22)26(33)23(38-28)14-18-13-19(29)10-11-21(18)36-15-17-7-4-5-8-20(17)30/h4-14,25H,3,15H2,1-2H3/b23-14-/t25-/m0/s1. The van der Waals surface area contributed by atoms with Crippen molar-refractivity contribution in [2.24, 2.45) is 4.99 Å². The van der Waals surface area contributed by atoms with Crippen LogP contribution in [-0.4, -0.2) is 17.1 Å². The summed E-state index contributed by atoms with van der Waals surface area (Å²) < 4.78 is 27.3. The Kier molecular flexibility index (Phi) is 7.60. The first-order valence-electron chi connectivity index (χ1n) is 11.8. The number of rotatable bonds is 7.